The Kier molecular flexibility index (Phi) is 7.89. The Balaban J connectivity index is 2.06. The molecule has 1 N–H and O–H groups in total. The second-order valence-electron chi connectivity index (χ2n) is 5.59. The van der Waals surface area contributed by atoms with Gasteiger partial charge < -0.3 is 19.5 Å². The van der Waals surface area contributed by atoms with Crippen molar-refractivity contribution in [1.82, 2.24) is 5.32 Å². The quantitative estimate of drug-likeness (QED) is 0.656. The van der Waals surface area contributed by atoms with Crippen molar-refractivity contribution in [3.05, 3.63) is 52.5 Å². The average Bonchev–Trinajstić information content (AvgIpc) is 2.63. The highest BCUT2D eigenvalue weighted by Gasteiger charge is 2.11. The first-order chi connectivity index (χ1) is 12.2. The lowest BCUT2D eigenvalue weighted by Gasteiger charge is -2.15. The van der Waals surface area contributed by atoms with Crippen LogP contribution in [0.2, 0.25) is 5.02 Å². The van der Waals surface area contributed by atoms with E-state index in [1.54, 1.807) is 7.11 Å². The normalized spacial score (nSPS) is 10.6. The Morgan fingerprint density at radius 1 is 0.920 bits per heavy atom. The number of hydrogen-bond donors (Lipinski definition) is 1. The molecule has 2 aromatic rings. The average molecular weight is 364 g/mol. The van der Waals surface area contributed by atoms with Gasteiger partial charge in [0.2, 0.25) is 0 Å². The standard InChI is InChI=1S/C20H26ClNO3/c1-4-10-25-20-12-17(21)16(11-19(20)24-5-2)14-22-13-15-8-6-7-9-18(15)23-3/h6-9,11-12,22H,4-5,10,13-14H2,1-3H3. The molecule has 0 saturated carbocycles. The molecule has 5 heteroatoms. The number of para-hydroxylation sites is 1. The fraction of sp³-hybridized carbons (Fsp3) is 0.400. The zero-order valence-electron chi connectivity index (χ0n) is 15.1. The molecule has 0 amide bonds. The van der Waals surface area contributed by atoms with Crippen molar-refractivity contribution >= 4 is 11.6 Å². The van der Waals surface area contributed by atoms with Crippen LogP contribution in [0.15, 0.2) is 36.4 Å². The van der Waals surface area contributed by atoms with E-state index in [0.29, 0.717) is 37.1 Å². The fourth-order valence-electron chi connectivity index (χ4n) is 2.49. The Bertz CT molecular complexity index is 676. The summed E-state index contributed by atoms with van der Waals surface area (Å²) < 4.78 is 16.8. The van der Waals surface area contributed by atoms with Gasteiger partial charge in [0.1, 0.15) is 5.75 Å². The smallest absolute Gasteiger partial charge is 0.162 e. The van der Waals surface area contributed by atoms with Crippen molar-refractivity contribution in [2.45, 2.75) is 33.4 Å². The molecule has 2 aromatic carbocycles. The summed E-state index contributed by atoms with van der Waals surface area (Å²) in [4.78, 5) is 0. The molecule has 0 fully saturated rings. The third-order valence-corrected chi connectivity index (χ3v) is 4.05. The van der Waals surface area contributed by atoms with E-state index in [0.717, 1.165) is 29.0 Å². The largest absolute Gasteiger partial charge is 0.496 e. The maximum atomic E-state index is 6.42. The molecule has 0 aromatic heterocycles. The Morgan fingerprint density at radius 3 is 2.36 bits per heavy atom. The minimum atomic E-state index is 0.582. The summed E-state index contributed by atoms with van der Waals surface area (Å²) in [6, 6.07) is 11.7. The lowest BCUT2D eigenvalue weighted by Crippen LogP contribution is -2.14. The number of halogens is 1. The number of methoxy groups -OCH3 is 1. The predicted molar refractivity (Wildman–Crippen MR) is 102 cm³/mol. The summed E-state index contributed by atoms with van der Waals surface area (Å²) in [5.41, 5.74) is 2.08. The van der Waals surface area contributed by atoms with Crippen LogP contribution < -0.4 is 19.5 Å². The summed E-state index contributed by atoms with van der Waals surface area (Å²) >= 11 is 6.42. The highest BCUT2D eigenvalue weighted by Crippen LogP contribution is 2.34. The highest BCUT2D eigenvalue weighted by atomic mass is 35.5. The van der Waals surface area contributed by atoms with E-state index in [4.69, 9.17) is 25.8 Å². The molecular weight excluding hydrogens is 338 g/mol. The molecule has 0 radical (unpaired) electrons. The first-order valence-corrected chi connectivity index (χ1v) is 8.98. The first-order valence-electron chi connectivity index (χ1n) is 8.60. The van der Waals surface area contributed by atoms with Crippen LogP contribution in [-0.2, 0) is 13.1 Å². The van der Waals surface area contributed by atoms with Gasteiger partial charge in [-0.2, -0.15) is 0 Å². The van der Waals surface area contributed by atoms with E-state index >= 15 is 0 Å². The molecule has 0 aliphatic rings. The summed E-state index contributed by atoms with van der Waals surface area (Å²) in [6.07, 6.45) is 0.936. The Labute approximate surface area is 155 Å². The predicted octanol–water partition coefficient (Wildman–Crippen LogP) is 4.83. The van der Waals surface area contributed by atoms with Gasteiger partial charge in [0.05, 0.1) is 20.3 Å². The van der Waals surface area contributed by atoms with Crippen LogP contribution in [-0.4, -0.2) is 20.3 Å². The second kappa shape index (κ2) is 10.2. The van der Waals surface area contributed by atoms with Crippen LogP contribution in [0, 0.1) is 0 Å². The van der Waals surface area contributed by atoms with Gasteiger partial charge >= 0.3 is 0 Å². The van der Waals surface area contributed by atoms with Gasteiger partial charge in [-0.25, -0.2) is 0 Å². The number of rotatable bonds is 10. The van der Waals surface area contributed by atoms with E-state index in [1.807, 2.05) is 43.3 Å². The minimum absolute atomic E-state index is 0.582. The van der Waals surface area contributed by atoms with E-state index < -0.39 is 0 Å². The maximum absolute atomic E-state index is 6.42. The molecule has 0 unspecified atom stereocenters. The van der Waals surface area contributed by atoms with Crippen molar-refractivity contribution in [3.63, 3.8) is 0 Å². The van der Waals surface area contributed by atoms with Gasteiger partial charge in [0.25, 0.3) is 0 Å². The molecule has 0 aliphatic heterocycles. The molecule has 0 spiro atoms. The molecule has 0 atom stereocenters. The fourth-order valence-corrected chi connectivity index (χ4v) is 2.71. The Morgan fingerprint density at radius 2 is 1.64 bits per heavy atom. The zero-order valence-corrected chi connectivity index (χ0v) is 15.9. The van der Waals surface area contributed by atoms with Crippen molar-refractivity contribution in [2.75, 3.05) is 20.3 Å². The number of hydrogen-bond acceptors (Lipinski definition) is 4. The maximum Gasteiger partial charge on any atom is 0.162 e. The van der Waals surface area contributed by atoms with Crippen molar-refractivity contribution in [2.24, 2.45) is 0 Å². The molecule has 2 rings (SSSR count). The van der Waals surface area contributed by atoms with Crippen molar-refractivity contribution in [1.29, 1.82) is 0 Å². The topological polar surface area (TPSA) is 39.7 Å². The number of nitrogens with one attached hydrogen (secondary N) is 1. The third-order valence-electron chi connectivity index (χ3n) is 3.70. The van der Waals surface area contributed by atoms with Crippen LogP contribution >= 0.6 is 11.6 Å². The second-order valence-corrected chi connectivity index (χ2v) is 5.99. The van der Waals surface area contributed by atoms with Crippen LogP contribution in [0.1, 0.15) is 31.4 Å². The molecular formula is C20H26ClNO3. The van der Waals surface area contributed by atoms with E-state index in [1.165, 1.54) is 0 Å². The SMILES string of the molecule is CCCOc1cc(Cl)c(CNCc2ccccc2OC)cc1OCC. The molecule has 0 heterocycles. The van der Waals surface area contributed by atoms with Crippen LogP contribution in [0.3, 0.4) is 0 Å². The van der Waals surface area contributed by atoms with Crippen LogP contribution in [0.25, 0.3) is 0 Å². The van der Waals surface area contributed by atoms with Crippen molar-refractivity contribution in [3.8, 4) is 17.2 Å². The third kappa shape index (κ3) is 5.55. The van der Waals surface area contributed by atoms with Crippen LogP contribution in [0.5, 0.6) is 17.2 Å². The zero-order chi connectivity index (χ0) is 18.1. The van der Waals surface area contributed by atoms with Gasteiger partial charge in [0, 0.05) is 29.7 Å². The number of ether oxygens (including phenoxy) is 3. The van der Waals surface area contributed by atoms with Gasteiger partial charge in [-0.05, 0) is 31.0 Å². The summed E-state index contributed by atoms with van der Waals surface area (Å²) in [5.74, 6) is 2.30. The summed E-state index contributed by atoms with van der Waals surface area (Å²) in [6.45, 7) is 6.57. The Hall–Kier alpha value is -1.91. The minimum Gasteiger partial charge on any atom is -0.496 e. The highest BCUT2D eigenvalue weighted by molar-refractivity contribution is 6.31. The molecule has 136 valence electrons. The summed E-state index contributed by atoms with van der Waals surface area (Å²) in [7, 11) is 1.68. The summed E-state index contributed by atoms with van der Waals surface area (Å²) in [5, 5.41) is 4.07. The lowest BCUT2D eigenvalue weighted by atomic mass is 10.1. The van der Waals surface area contributed by atoms with E-state index in [9.17, 15) is 0 Å². The van der Waals surface area contributed by atoms with Crippen molar-refractivity contribution < 1.29 is 14.2 Å². The first kappa shape index (κ1) is 19.4. The van der Waals surface area contributed by atoms with E-state index in [-0.39, 0.29) is 0 Å². The molecule has 4 nitrogen and oxygen atoms in total. The van der Waals surface area contributed by atoms with Crippen LogP contribution in [0.4, 0.5) is 0 Å². The number of benzene rings is 2. The monoisotopic (exact) mass is 363 g/mol. The van der Waals surface area contributed by atoms with E-state index in [2.05, 4.69) is 12.2 Å². The van der Waals surface area contributed by atoms with Gasteiger partial charge in [-0.3, -0.25) is 0 Å². The molecule has 0 saturated heterocycles. The molecule has 0 aliphatic carbocycles. The lowest BCUT2D eigenvalue weighted by molar-refractivity contribution is 0.276. The molecule has 25 heavy (non-hydrogen) atoms. The molecule has 0 bridgehead atoms. The van der Waals surface area contributed by atoms with Gasteiger partial charge in [-0.15, -0.1) is 0 Å². The van der Waals surface area contributed by atoms with Gasteiger partial charge in [0.15, 0.2) is 11.5 Å². The van der Waals surface area contributed by atoms with Gasteiger partial charge in [-0.1, -0.05) is 36.7 Å².